The van der Waals surface area contributed by atoms with E-state index >= 15 is 0 Å². The van der Waals surface area contributed by atoms with Gasteiger partial charge >= 0.3 is 0 Å². The minimum atomic E-state index is -0.191. The summed E-state index contributed by atoms with van der Waals surface area (Å²) in [5.74, 6) is 0. The summed E-state index contributed by atoms with van der Waals surface area (Å²) in [6.07, 6.45) is 2.63. The van der Waals surface area contributed by atoms with Crippen molar-refractivity contribution in [2.45, 2.75) is 69.3 Å². The highest BCUT2D eigenvalue weighted by molar-refractivity contribution is 7.99. The second-order valence-electron chi connectivity index (χ2n) is 8.73. The standard InChI is InChI=1S/C26H30N2OS/c1-5-26(4)17-20-13-9-10-14-21(20)23-22(26)24(29)28(25(27-23)30-18(2)3)16-15-19-11-7-6-8-12-19/h6-14,18H,5,15-17H2,1-4H3/t26-/m0/s1. The van der Waals surface area contributed by atoms with Crippen LogP contribution in [0.15, 0.2) is 64.5 Å². The fraction of sp³-hybridized carbons (Fsp3) is 0.385. The van der Waals surface area contributed by atoms with Crippen LogP contribution in [0.5, 0.6) is 0 Å². The van der Waals surface area contributed by atoms with Crippen molar-refractivity contribution in [2.24, 2.45) is 0 Å². The van der Waals surface area contributed by atoms with E-state index in [1.807, 2.05) is 10.6 Å². The molecule has 4 rings (SSSR count). The molecule has 0 saturated carbocycles. The monoisotopic (exact) mass is 418 g/mol. The summed E-state index contributed by atoms with van der Waals surface area (Å²) in [6.45, 7) is 9.37. The zero-order valence-electron chi connectivity index (χ0n) is 18.3. The van der Waals surface area contributed by atoms with Gasteiger partial charge in [0.05, 0.1) is 11.3 Å². The summed E-state index contributed by atoms with van der Waals surface area (Å²) in [7, 11) is 0. The highest BCUT2D eigenvalue weighted by Crippen LogP contribution is 2.43. The molecule has 1 aliphatic rings. The van der Waals surface area contributed by atoms with E-state index in [2.05, 4.69) is 76.2 Å². The Bertz CT molecular complexity index is 1100. The molecule has 1 heterocycles. The van der Waals surface area contributed by atoms with Crippen molar-refractivity contribution in [3.63, 3.8) is 0 Å². The lowest BCUT2D eigenvalue weighted by atomic mass is 9.69. The third-order valence-corrected chi connectivity index (χ3v) is 7.17. The van der Waals surface area contributed by atoms with E-state index in [1.165, 1.54) is 11.1 Å². The van der Waals surface area contributed by atoms with E-state index in [0.29, 0.717) is 11.8 Å². The minimum Gasteiger partial charge on any atom is -0.287 e. The van der Waals surface area contributed by atoms with Crippen molar-refractivity contribution in [3.05, 3.63) is 81.6 Å². The molecule has 2 aromatic carbocycles. The van der Waals surface area contributed by atoms with Crippen molar-refractivity contribution < 1.29 is 0 Å². The van der Waals surface area contributed by atoms with Gasteiger partial charge in [0.1, 0.15) is 0 Å². The molecule has 0 radical (unpaired) electrons. The first-order chi connectivity index (χ1) is 14.4. The molecular formula is C26H30N2OS. The van der Waals surface area contributed by atoms with Crippen LogP contribution in [0.4, 0.5) is 0 Å². The molecule has 4 heteroatoms. The maximum absolute atomic E-state index is 13.9. The van der Waals surface area contributed by atoms with Crippen molar-refractivity contribution in [2.75, 3.05) is 0 Å². The van der Waals surface area contributed by atoms with Crippen LogP contribution in [-0.4, -0.2) is 14.8 Å². The molecule has 30 heavy (non-hydrogen) atoms. The normalized spacial score (nSPS) is 17.6. The van der Waals surface area contributed by atoms with Crippen LogP contribution < -0.4 is 5.56 Å². The Morgan fingerprint density at radius 2 is 1.80 bits per heavy atom. The first-order valence-corrected chi connectivity index (χ1v) is 11.7. The molecule has 0 unspecified atom stereocenters. The Balaban J connectivity index is 1.89. The SMILES string of the molecule is CC[C@@]1(C)Cc2ccccc2-c2nc(SC(C)C)n(CCc3ccccc3)c(=O)c21. The van der Waals surface area contributed by atoms with E-state index in [4.69, 9.17) is 4.98 Å². The summed E-state index contributed by atoms with van der Waals surface area (Å²) in [4.78, 5) is 19.1. The number of fused-ring (bicyclic) bond motifs is 3. The van der Waals surface area contributed by atoms with E-state index in [1.54, 1.807) is 11.8 Å². The van der Waals surface area contributed by atoms with E-state index in [0.717, 1.165) is 41.2 Å². The lowest BCUT2D eigenvalue weighted by molar-refractivity contribution is 0.427. The van der Waals surface area contributed by atoms with Gasteiger partial charge in [-0.05, 0) is 30.4 Å². The van der Waals surface area contributed by atoms with Gasteiger partial charge in [-0.15, -0.1) is 0 Å². The van der Waals surface area contributed by atoms with Crippen LogP contribution in [0.25, 0.3) is 11.3 Å². The van der Waals surface area contributed by atoms with Gasteiger partial charge in [0.15, 0.2) is 5.16 Å². The molecule has 0 aliphatic heterocycles. The van der Waals surface area contributed by atoms with E-state index < -0.39 is 0 Å². The molecule has 3 aromatic rings. The molecule has 0 fully saturated rings. The van der Waals surface area contributed by atoms with Crippen LogP contribution in [-0.2, 0) is 24.8 Å². The maximum Gasteiger partial charge on any atom is 0.258 e. The maximum atomic E-state index is 13.9. The first kappa shape index (κ1) is 20.9. The average Bonchev–Trinajstić information content (AvgIpc) is 2.73. The molecule has 1 aliphatic carbocycles. The van der Waals surface area contributed by atoms with Crippen LogP contribution >= 0.6 is 11.8 Å². The molecule has 0 amide bonds. The highest BCUT2D eigenvalue weighted by Gasteiger charge is 2.38. The molecule has 1 aromatic heterocycles. The molecule has 0 bridgehead atoms. The van der Waals surface area contributed by atoms with Gasteiger partial charge in [0.25, 0.3) is 5.56 Å². The largest absolute Gasteiger partial charge is 0.287 e. The molecule has 3 nitrogen and oxygen atoms in total. The third kappa shape index (κ3) is 3.85. The second kappa shape index (κ2) is 8.43. The van der Waals surface area contributed by atoms with Gasteiger partial charge in [0, 0.05) is 22.8 Å². The number of benzene rings is 2. The van der Waals surface area contributed by atoms with E-state index in [-0.39, 0.29) is 11.0 Å². The molecule has 0 spiro atoms. The van der Waals surface area contributed by atoms with Crippen molar-refractivity contribution in [1.29, 1.82) is 0 Å². The predicted octanol–water partition coefficient (Wildman–Crippen LogP) is 5.88. The van der Waals surface area contributed by atoms with Gasteiger partial charge in [-0.1, -0.05) is 94.1 Å². The number of rotatable bonds is 6. The molecule has 1 atom stereocenters. The number of aryl methyl sites for hydroxylation is 1. The lowest BCUT2D eigenvalue weighted by Gasteiger charge is -2.36. The van der Waals surface area contributed by atoms with Crippen LogP contribution in [0.1, 0.15) is 50.8 Å². The third-order valence-electron chi connectivity index (χ3n) is 6.18. The summed E-state index contributed by atoms with van der Waals surface area (Å²) in [6, 6.07) is 18.8. The summed E-state index contributed by atoms with van der Waals surface area (Å²) in [5, 5.41) is 1.19. The average molecular weight is 419 g/mol. The van der Waals surface area contributed by atoms with Crippen molar-refractivity contribution in [1.82, 2.24) is 9.55 Å². The zero-order valence-corrected chi connectivity index (χ0v) is 19.1. The number of hydrogen-bond donors (Lipinski definition) is 0. The Kier molecular flexibility index (Phi) is 5.88. The van der Waals surface area contributed by atoms with Gasteiger partial charge in [-0.3, -0.25) is 9.36 Å². The topological polar surface area (TPSA) is 34.9 Å². The van der Waals surface area contributed by atoms with Crippen molar-refractivity contribution >= 4 is 11.8 Å². The molecule has 156 valence electrons. The van der Waals surface area contributed by atoms with Gasteiger partial charge in [-0.2, -0.15) is 0 Å². The van der Waals surface area contributed by atoms with Crippen LogP contribution in [0.3, 0.4) is 0 Å². The quantitative estimate of drug-likeness (QED) is 0.370. The summed E-state index contributed by atoms with van der Waals surface area (Å²) >= 11 is 1.68. The number of hydrogen-bond acceptors (Lipinski definition) is 3. The van der Waals surface area contributed by atoms with Gasteiger partial charge in [0.2, 0.25) is 0 Å². The van der Waals surface area contributed by atoms with Gasteiger partial charge < -0.3 is 0 Å². The zero-order chi connectivity index (χ0) is 21.3. The Hall–Kier alpha value is -2.33. The summed E-state index contributed by atoms with van der Waals surface area (Å²) < 4.78 is 1.93. The van der Waals surface area contributed by atoms with Crippen LogP contribution in [0, 0.1) is 0 Å². The van der Waals surface area contributed by atoms with Crippen LogP contribution in [0.2, 0.25) is 0 Å². The number of thioether (sulfide) groups is 1. The second-order valence-corrected chi connectivity index (χ2v) is 10.3. The summed E-state index contributed by atoms with van der Waals surface area (Å²) in [5.41, 5.74) is 5.39. The minimum absolute atomic E-state index is 0.137. The van der Waals surface area contributed by atoms with Gasteiger partial charge in [-0.25, -0.2) is 4.98 Å². The Labute approximate surface area is 183 Å². The first-order valence-electron chi connectivity index (χ1n) is 10.9. The fourth-order valence-corrected chi connectivity index (χ4v) is 5.24. The highest BCUT2D eigenvalue weighted by atomic mass is 32.2. The molecule has 0 N–H and O–H groups in total. The molecule has 0 saturated heterocycles. The molecular weight excluding hydrogens is 388 g/mol. The fourth-order valence-electron chi connectivity index (χ4n) is 4.37. The van der Waals surface area contributed by atoms with E-state index in [9.17, 15) is 4.79 Å². The Morgan fingerprint density at radius 3 is 2.50 bits per heavy atom. The number of aromatic nitrogens is 2. The smallest absolute Gasteiger partial charge is 0.258 e. The van der Waals surface area contributed by atoms with Crippen molar-refractivity contribution in [3.8, 4) is 11.3 Å². The predicted molar refractivity (Wildman–Crippen MR) is 126 cm³/mol. The number of nitrogens with zero attached hydrogens (tertiary/aromatic N) is 2. The lowest BCUT2D eigenvalue weighted by Crippen LogP contribution is -2.40. The Morgan fingerprint density at radius 1 is 1.10 bits per heavy atom.